The van der Waals surface area contributed by atoms with E-state index in [4.69, 9.17) is 0 Å². The van der Waals surface area contributed by atoms with Crippen LogP contribution in [0.2, 0.25) is 0 Å². The van der Waals surface area contributed by atoms with E-state index in [1.807, 2.05) is 0 Å². The summed E-state index contributed by atoms with van der Waals surface area (Å²) in [4.78, 5) is 8.14. The van der Waals surface area contributed by atoms with Crippen LogP contribution < -0.4 is 10.6 Å². The quantitative estimate of drug-likeness (QED) is 0.394. The Bertz CT molecular complexity index is 434. The first kappa shape index (κ1) is 18.4. The largest absolute Gasteiger partial charge is 0.356 e. The van der Waals surface area contributed by atoms with Crippen LogP contribution in [0.4, 0.5) is 4.39 Å². The van der Waals surface area contributed by atoms with Crippen molar-refractivity contribution in [1.82, 2.24) is 15.6 Å². The van der Waals surface area contributed by atoms with Crippen molar-refractivity contribution < 1.29 is 4.39 Å². The van der Waals surface area contributed by atoms with Gasteiger partial charge in [0.25, 0.3) is 0 Å². The Hall–Kier alpha value is -1.65. The van der Waals surface area contributed by atoms with Crippen LogP contribution in [0.5, 0.6) is 0 Å². The van der Waals surface area contributed by atoms with Gasteiger partial charge in [0.2, 0.25) is 0 Å². The number of guanidine groups is 1. The van der Waals surface area contributed by atoms with Gasteiger partial charge in [-0.15, -0.1) is 0 Å². The zero-order valence-corrected chi connectivity index (χ0v) is 13.9. The van der Waals surface area contributed by atoms with E-state index in [2.05, 4.69) is 27.5 Å². The highest BCUT2D eigenvalue weighted by Gasteiger charge is 2.03. The van der Waals surface area contributed by atoms with Gasteiger partial charge in [-0.1, -0.05) is 45.4 Å². The summed E-state index contributed by atoms with van der Waals surface area (Å²) >= 11 is 0. The third kappa shape index (κ3) is 7.96. The molecule has 0 saturated carbocycles. The molecule has 0 saturated heterocycles. The van der Waals surface area contributed by atoms with Crippen LogP contribution >= 0.6 is 0 Å². The lowest BCUT2D eigenvalue weighted by Gasteiger charge is -2.11. The van der Waals surface area contributed by atoms with E-state index in [1.54, 1.807) is 19.3 Å². The molecular formula is C17H29FN4. The van der Waals surface area contributed by atoms with E-state index < -0.39 is 0 Å². The van der Waals surface area contributed by atoms with Gasteiger partial charge < -0.3 is 10.6 Å². The Morgan fingerprint density at radius 3 is 2.55 bits per heavy atom. The minimum absolute atomic E-state index is 0.294. The highest BCUT2D eigenvalue weighted by atomic mass is 19.1. The SMILES string of the molecule is CCCCCCCCCNC(=NC)NCc1ncccc1F. The molecule has 5 heteroatoms. The zero-order chi connectivity index (χ0) is 16.0. The molecule has 0 aromatic carbocycles. The molecule has 0 bridgehead atoms. The number of nitrogens with zero attached hydrogens (tertiary/aromatic N) is 2. The lowest BCUT2D eigenvalue weighted by atomic mass is 10.1. The summed E-state index contributed by atoms with van der Waals surface area (Å²) in [5.41, 5.74) is 0.404. The average molecular weight is 308 g/mol. The monoisotopic (exact) mass is 308 g/mol. The lowest BCUT2D eigenvalue weighted by Crippen LogP contribution is -2.37. The summed E-state index contributed by atoms with van der Waals surface area (Å²) < 4.78 is 13.5. The van der Waals surface area contributed by atoms with E-state index in [9.17, 15) is 4.39 Å². The van der Waals surface area contributed by atoms with E-state index in [-0.39, 0.29) is 5.82 Å². The van der Waals surface area contributed by atoms with Crippen LogP contribution in [0.15, 0.2) is 23.3 Å². The first-order chi connectivity index (χ1) is 10.8. The van der Waals surface area contributed by atoms with Crippen LogP contribution in [0.3, 0.4) is 0 Å². The number of halogens is 1. The van der Waals surface area contributed by atoms with Gasteiger partial charge in [-0.2, -0.15) is 0 Å². The maximum Gasteiger partial charge on any atom is 0.191 e. The van der Waals surface area contributed by atoms with Gasteiger partial charge >= 0.3 is 0 Å². The Labute approximate surface area is 133 Å². The summed E-state index contributed by atoms with van der Waals surface area (Å²) in [5, 5.41) is 6.33. The van der Waals surface area contributed by atoms with Gasteiger partial charge in [-0.25, -0.2) is 4.39 Å². The van der Waals surface area contributed by atoms with Crippen LogP contribution in [0.25, 0.3) is 0 Å². The van der Waals surface area contributed by atoms with Gasteiger partial charge in [-0.05, 0) is 18.6 Å². The highest BCUT2D eigenvalue weighted by molar-refractivity contribution is 5.79. The molecule has 0 radical (unpaired) electrons. The minimum atomic E-state index is -0.294. The molecule has 0 spiro atoms. The molecule has 1 heterocycles. The first-order valence-corrected chi connectivity index (χ1v) is 8.31. The Kier molecular flexibility index (Phi) is 9.99. The summed E-state index contributed by atoms with van der Waals surface area (Å²) in [6.07, 6.45) is 10.6. The predicted octanol–water partition coefficient (Wildman–Crippen LogP) is 3.64. The third-order valence-corrected chi connectivity index (χ3v) is 3.55. The molecule has 0 aliphatic heterocycles. The van der Waals surface area contributed by atoms with Crippen molar-refractivity contribution in [3.8, 4) is 0 Å². The molecule has 124 valence electrons. The summed E-state index contributed by atoms with van der Waals surface area (Å²) in [6.45, 7) is 3.46. The molecular weight excluding hydrogens is 279 g/mol. The second-order valence-electron chi connectivity index (χ2n) is 5.41. The summed E-state index contributed by atoms with van der Waals surface area (Å²) in [5.74, 6) is 0.397. The normalized spacial score (nSPS) is 11.5. The number of hydrogen-bond acceptors (Lipinski definition) is 2. The topological polar surface area (TPSA) is 49.3 Å². The van der Waals surface area contributed by atoms with E-state index in [0.29, 0.717) is 18.2 Å². The van der Waals surface area contributed by atoms with Crippen LogP contribution in [0, 0.1) is 5.82 Å². The maximum absolute atomic E-state index is 13.5. The molecule has 22 heavy (non-hydrogen) atoms. The molecule has 4 nitrogen and oxygen atoms in total. The molecule has 0 fully saturated rings. The van der Waals surface area contributed by atoms with Crippen molar-refractivity contribution in [2.24, 2.45) is 4.99 Å². The number of rotatable bonds is 10. The number of pyridine rings is 1. The molecule has 0 atom stereocenters. The molecule has 1 aromatic rings. The first-order valence-electron chi connectivity index (χ1n) is 8.31. The third-order valence-electron chi connectivity index (χ3n) is 3.55. The Morgan fingerprint density at radius 2 is 1.86 bits per heavy atom. The fraction of sp³-hybridized carbons (Fsp3) is 0.647. The minimum Gasteiger partial charge on any atom is -0.356 e. The lowest BCUT2D eigenvalue weighted by molar-refractivity contribution is 0.580. The molecule has 0 unspecified atom stereocenters. The number of hydrogen-bond donors (Lipinski definition) is 2. The molecule has 0 amide bonds. The zero-order valence-electron chi connectivity index (χ0n) is 13.9. The van der Waals surface area contributed by atoms with Crippen molar-refractivity contribution in [2.75, 3.05) is 13.6 Å². The van der Waals surface area contributed by atoms with Crippen molar-refractivity contribution >= 4 is 5.96 Å². The van der Waals surface area contributed by atoms with Crippen LogP contribution in [0.1, 0.15) is 57.6 Å². The number of aromatic nitrogens is 1. The molecule has 0 aliphatic carbocycles. The number of nitrogens with one attached hydrogen (secondary N) is 2. The van der Waals surface area contributed by atoms with Gasteiger partial charge in [0.1, 0.15) is 5.82 Å². The second kappa shape index (κ2) is 12.0. The standard InChI is InChI=1S/C17H29FN4/c1-3-4-5-6-7-8-9-12-21-17(19-2)22-14-16-15(18)11-10-13-20-16/h10-11,13H,3-9,12,14H2,1-2H3,(H2,19,21,22). The molecule has 2 N–H and O–H groups in total. The summed E-state index contributed by atoms with van der Waals surface area (Å²) in [6, 6.07) is 3.01. The molecule has 1 aromatic heterocycles. The predicted molar refractivity (Wildman–Crippen MR) is 90.4 cm³/mol. The van der Waals surface area contributed by atoms with E-state index >= 15 is 0 Å². The fourth-order valence-electron chi connectivity index (χ4n) is 2.23. The smallest absolute Gasteiger partial charge is 0.191 e. The van der Waals surface area contributed by atoms with Crippen molar-refractivity contribution in [3.05, 3.63) is 29.8 Å². The fourth-order valence-corrected chi connectivity index (χ4v) is 2.23. The Morgan fingerprint density at radius 1 is 1.14 bits per heavy atom. The summed E-state index contributed by atoms with van der Waals surface area (Å²) in [7, 11) is 1.72. The van der Waals surface area contributed by atoms with Gasteiger partial charge in [0, 0.05) is 19.8 Å². The Balaban J connectivity index is 2.12. The van der Waals surface area contributed by atoms with Crippen molar-refractivity contribution in [1.29, 1.82) is 0 Å². The second-order valence-corrected chi connectivity index (χ2v) is 5.41. The van der Waals surface area contributed by atoms with Crippen molar-refractivity contribution in [3.63, 3.8) is 0 Å². The molecule has 0 aliphatic rings. The van der Waals surface area contributed by atoms with Gasteiger partial charge in [0.15, 0.2) is 5.96 Å². The molecule has 1 rings (SSSR count). The van der Waals surface area contributed by atoms with Gasteiger partial charge in [0.05, 0.1) is 12.2 Å². The van der Waals surface area contributed by atoms with E-state index in [0.717, 1.165) is 13.0 Å². The maximum atomic E-state index is 13.5. The number of aliphatic imine (C=N–C) groups is 1. The van der Waals surface area contributed by atoms with Crippen LogP contribution in [-0.4, -0.2) is 24.5 Å². The highest BCUT2D eigenvalue weighted by Crippen LogP contribution is 2.06. The van der Waals surface area contributed by atoms with E-state index in [1.165, 1.54) is 44.6 Å². The van der Waals surface area contributed by atoms with Gasteiger partial charge in [-0.3, -0.25) is 9.98 Å². The average Bonchev–Trinajstić information content (AvgIpc) is 2.54. The van der Waals surface area contributed by atoms with Crippen molar-refractivity contribution in [2.45, 2.75) is 58.4 Å². The van der Waals surface area contributed by atoms with Crippen LogP contribution in [-0.2, 0) is 6.54 Å². The number of unbranched alkanes of at least 4 members (excludes halogenated alkanes) is 6.